The van der Waals surface area contributed by atoms with E-state index in [0.717, 1.165) is 12.8 Å². The van der Waals surface area contributed by atoms with Crippen LogP contribution in [-0.2, 0) is 14.3 Å². The van der Waals surface area contributed by atoms with E-state index >= 15 is 0 Å². The number of rotatable bonds is 8. The van der Waals surface area contributed by atoms with Gasteiger partial charge in [0.15, 0.2) is 6.29 Å². The second kappa shape index (κ2) is 9.07. The van der Waals surface area contributed by atoms with Gasteiger partial charge in [-0.3, -0.25) is 4.79 Å². The van der Waals surface area contributed by atoms with Crippen LogP contribution in [0.15, 0.2) is 12.2 Å². The topological polar surface area (TPSA) is 59.0 Å². The zero-order valence-electron chi connectivity index (χ0n) is 11.9. The minimum absolute atomic E-state index is 0.00453. The average Bonchev–Trinajstić information content (AvgIpc) is 2.39. The standard InChI is InChI=1S/C14H25NO4/c1-3-18-12(2)19-11-13-7-6-8-14(17)15(13)9-4-5-10-16/h4-5,12-13,16H,3,6-11H2,1-2H3/b5-4-/t12?,13-/m1/s1. The third-order valence-corrected chi connectivity index (χ3v) is 3.19. The Bertz CT molecular complexity index is 293. The number of piperidine rings is 1. The highest BCUT2D eigenvalue weighted by Crippen LogP contribution is 2.19. The predicted octanol–water partition coefficient (Wildman–Crippen LogP) is 1.32. The highest BCUT2D eigenvalue weighted by Gasteiger charge is 2.27. The number of nitrogens with zero attached hydrogens (tertiary/aromatic N) is 1. The Morgan fingerprint density at radius 3 is 2.95 bits per heavy atom. The molecule has 5 nitrogen and oxygen atoms in total. The molecule has 19 heavy (non-hydrogen) atoms. The molecule has 1 N–H and O–H groups in total. The lowest BCUT2D eigenvalue weighted by Crippen LogP contribution is -2.46. The fraction of sp³-hybridized carbons (Fsp3) is 0.786. The molecular weight excluding hydrogens is 246 g/mol. The Morgan fingerprint density at radius 1 is 1.47 bits per heavy atom. The molecule has 0 aliphatic carbocycles. The number of likely N-dealkylation sites (tertiary alicyclic amines) is 1. The molecule has 0 aromatic heterocycles. The molecule has 1 heterocycles. The number of ether oxygens (including phenoxy) is 2. The van der Waals surface area contributed by atoms with Gasteiger partial charge in [0.1, 0.15) is 0 Å². The third-order valence-electron chi connectivity index (χ3n) is 3.19. The van der Waals surface area contributed by atoms with Crippen molar-refractivity contribution in [1.29, 1.82) is 0 Å². The quantitative estimate of drug-likeness (QED) is 0.534. The summed E-state index contributed by atoms with van der Waals surface area (Å²) in [6, 6.07) is 0.104. The maximum Gasteiger partial charge on any atom is 0.223 e. The van der Waals surface area contributed by atoms with Gasteiger partial charge in [0.25, 0.3) is 0 Å². The lowest BCUT2D eigenvalue weighted by atomic mass is 10.0. The van der Waals surface area contributed by atoms with E-state index in [1.54, 1.807) is 6.08 Å². The minimum Gasteiger partial charge on any atom is -0.392 e. The number of aliphatic hydroxyl groups excluding tert-OH is 1. The van der Waals surface area contributed by atoms with E-state index in [1.807, 2.05) is 24.8 Å². The van der Waals surface area contributed by atoms with Crippen molar-refractivity contribution in [2.45, 2.75) is 45.4 Å². The maximum atomic E-state index is 11.9. The normalized spacial score (nSPS) is 22.2. The van der Waals surface area contributed by atoms with Crippen molar-refractivity contribution in [2.24, 2.45) is 0 Å². The molecular formula is C14H25NO4. The van der Waals surface area contributed by atoms with Crippen LogP contribution in [-0.4, -0.2) is 54.6 Å². The molecule has 1 aliphatic heterocycles. The van der Waals surface area contributed by atoms with Crippen LogP contribution in [0.25, 0.3) is 0 Å². The van der Waals surface area contributed by atoms with E-state index in [1.165, 1.54) is 0 Å². The summed E-state index contributed by atoms with van der Waals surface area (Å²) in [6.45, 7) is 5.45. The van der Waals surface area contributed by atoms with Gasteiger partial charge in [-0.15, -0.1) is 0 Å². The van der Waals surface area contributed by atoms with Crippen molar-refractivity contribution in [3.63, 3.8) is 0 Å². The van der Waals surface area contributed by atoms with Crippen molar-refractivity contribution in [3.05, 3.63) is 12.2 Å². The summed E-state index contributed by atoms with van der Waals surface area (Å²) < 4.78 is 10.9. The van der Waals surface area contributed by atoms with Gasteiger partial charge in [0.2, 0.25) is 5.91 Å². The lowest BCUT2D eigenvalue weighted by molar-refractivity contribution is -0.152. The number of hydrogen-bond donors (Lipinski definition) is 1. The van der Waals surface area contributed by atoms with E-state index in [2.05, 4.69) is 0 Å². The summed E-state index contributed by atoms with van der Waals surface area (Å²) in [7, 11) is 0. The van der Waals surface area contributed by atoms with Crippen molar-refractivity contribution in [3.8, 4) is 0 Å². The van der Waals surface area contributed by atoms with Crippen molar-refractivity contribution in [1.82, 2.24) is 4.90 Å². The van der Waals surface area contributed by atoms with Crippen LogP contribution < -0.4 is 0 Å². The lowest BCUT2D eigenvalue weighted by Gasteiger charge is -2.35. The average molecular weight is 271 g/mol. The largest absolute Gasteiger partial charge is 0.392 e. The molecule has 0 aromatic rings. The summed E-state index contributed by atoms with van der Waals surface area (Å²) in [4.78, 5) is 13.7. The monoisotopic (exact) mass is 271 g/mol. The van der Waals surface area contributed by atoms with E-state index in [9.17, 15) is 4.79 Å². The fourth-order valence-corrected chi connectivity index (χ4v) is 2.21. The SMILES string of the molecule is CCOC(C)OC[C@H]1CCCC(=O)N1C/C=C\CO. The molecule has 1 aliphatic rings. The summed E-state index contributed by atoms with van der Waals surface area (Å²) in [6.07, 6.45) is 5.71. The van der Waals surface area contributed by atoms with Gasteiger partial charge in [-0.05, 0) is 26.7 Å². The predicted molar refractivity (Wildman–Crippen MR) is 72.6 cm³/mol. The number of aliphatic hydroxyl groups is 1. The van der Waals surface area contributed by atoms with E-state index in [4.69, 9.17) is 14.6 Å². The first kappa shape index (κ1) is 16.1. The Hall–Kier alpha value is -0.910. The summed E-state index contributed by atoms with van der Waals surface area (Å²) in [5, 5.41) is 8.73. The Balaban J connectivity index is 2.46. The second-order valence-corrected chi connectivity index (χ2v) is 4.60. The van der Waals surface area contributed by atoms with Gasteiger partial charge in [0.05, 0.1) is 19.3 Å². The van der Waals surface area contributed by atoms with E-state index < -0.39 is 0 Å². The first-order valence-corrected chi connectivity index (χ1v) is 6.97. The highest BCUT2D eigenvalue weighted by atomic mass is 16.7. The van der Waals surface area contributed by atoms with Gasteiger partial charge in [-0.2, -0.15) is 0 Å². The molecule has 2 atom stereocenters. The number of carbonyl (C=O) groups excluding carboxylic acids is 1. The summed E-state index contributed by atoms with van der Waals surface area (Å²) >= 11 is 0. The van der Waals surface area contributed by atoms with E-state index in [-0.39, 0.29) is 24.8 Å². The zero-order valence-corrected chi connectivity index (χ0v) is 11.9. The summed E-state index contributed by atoms with van der Waals surface area (Å²) in [5.41, 5.74) is 0. The fourth-order valence-electron chi connectivity index (χ4n) is 2.21. The van der Waals surface area contributed by atoms with Crippen molar-refractivity contribution in [2.75, 3.05) is 26.4 Å². The van der Waals surface area contributed by atoms with Crippen LogP contribution in [0.4, 0.5) is 0 Å². The molecule has 0 saturated carbocycles. The first-order chi connectivity index (χ1) is 9.19. The second-order valence-electron chi connectivity index (χ2n) is 4.60. The third kappa shape index (κ3) is 5.72. The molecule has 1 saturated heterocycles. The number of carbonyl (C=O) groups is 1. The summed E-state index contributed by atoms with van der Waals surface area (Å²) in [5.74, 6) is 0.159. The van der Waals surface area contributed by atoms with Crippen LogP contribution in [0.2, 0.25) is 0 Å². The van der Waals surface area contributed by atoms with Gasteiger partial charge in [0, 0.05) is 19.6 Å². The van der Waals surface area contributed by atoms with Gasteiger partial charge >= 0.3 is 0 Å². The smallest absolute Gasteiger partial charge is 0.223 e. The number of hydrogen-bond acceptors (Lipinski definition) is 4. The molecule has 110 valence electrons. The van der Waals surface area contributed by atoms with Crippen LogP contribution in [0, 0.1) is 0 Å². The van der Waals surface area contributed by atoms with Gasteiger partial charge < -0.3 is 19.5 Å². The maximum absolute atomic E-state index is 11.9. The zero-order chi connectivity index (χ0) is 14.1. The van der Waals surface area contributed by atoms with Crippen molar-refractivity contribution < 1.29 is 19.4 Å². The molecule has 1 fully saturated rings. The first-order valence-electron chi connectivity index (χ1n) is 6.97. The molecule has 1 rings (SSSR count). The Kier molecular flexibility index (Phi) is 7.70. The van der Waals surface area contributed by atoms with Crippen LogP contribution in [0.5, 0.6) is 0 Å². The van der Waals surface area contributed by atoms with Crippen LogP contribution in [0.1, 0.15) is 33.1 Å². The Labute approximate surface area is 115 Å². The van der Waals surface area contributed by atoms with E-state index in [0.29, 0.717) is 26.2 Å². The molecule has 0 spiro atoms. The molecule has 0 bridgehead atoms. The highest BCUT2D eigenvalue weighted by molar-refractivity contribution is 5.77. The van der Waals surface area contributed by atoms with Gasteiger partial charge in [-0.1, -0.05) is 12.2 Å². The van der Waals surface area contributed by atoms with Crippen LogP contribution in [0.3, 0.4) is 0 Å². The Morgan fingerprint density at radius 2 is 2.26 bits per heavy atom. The number of amides is 1. The molecule has 0 aromatic carbocycles. The minimum atomic E-state index is -0.239. The van der Waals surface area contributed by atoms with Crippen molar-refractivity contribution >= 4 is 5.91 Å². The molecule has 5 heteroatoms. The van der Waals surface area contributed by atoms with Crippen LogP contribution >= 0.6 is 0 Å². The molecule has 0 radical (unpaired) electrons. The molecule has 1 amide bonds. The van der Waals surface area contributed by atoms with Gasteiger partial charge in [-0.25, -0.2) is 0 Å². The molecule has 1 unspecified atom stereocenters.